The average Bonchev–Trinajstić information content (AvgIpc) is 1.85. The molecule has 0 saturated heterocycles. The molecule has 0 saturated carbocycles. The van der Waals surface area contributed by atoms with Crippen LogP contribution < -0.4 is 0 Å². The second kappa shape index (κ2) is 4.04. The number of ether oxygens (including phenoxy) is 1. The van der Waals surface area contributed by atoms with Crippen LogP contribution in [-0.2, 0) is 9.53 Å². The maximum atomic E-state index is 11.6. The molecule has 2 nitrogen and oxygen atoms in total. The number of carbonyl (C=O) groups excluding carboxylic acids is 1. The summed E-state index contributed by atoms with van der Waals surface area (Å²) in [5.41, 5.74) is -0.00583. The highest BCUT2D eigenvalue weighted by Gasteiger charge is 2.06. The van der Waals surface area contributed by atoms with Crippen LogP contribution in [0.3, 0.4) is 0 Å². The normalized spacial score (nSPS) is 11.9. The first-order valence-corrected chi connectivity index (χ1v) is 3.06. The first-order valence-electron chi connectivity index (χ1n) is 3.06. The SMILES string of the molecule is CC(=CF)C(=O)OC(C)C. The van der Waals surface area contributed by atoms with Gasteiger partial charge in [0, 0.05) is 0 Å². The Kier molecular flexibility index (Phi) is 3.69. The zero-order valence-corrected chi connectivity index (χ0v) is 6.35. The van der Waals surface area contributed by atoms with Gasteiger partial charge in [0.2, 0.25) is 0 Å². The lowest BCUT2D eigenvalue weighted by Gasteiger charge is -2.05. The number of halogens is 1. The van der Waals surface area contributed by atoms with Crippen molar-refractivity contribution in [2.75, 3.05) is 0 Å². The van der Waals surface area contributed by atoms with Crippen LogP contribution in [0.5, 0.6) is 0 Å². The van der Waals surface area contributed by atoms with E-state index in [1.165, 1.54) is 6.92 Å². The Bertz CT molecular complexity index is 150. The average molecular weight is 146 g/mol. The fraction of sp³-hybridized carbons (Fsp3) is 0.571. The largest absolute Gasteiger partial charge is 0.460 e. The van der Waals surface area contributed by atoms with E-state index in [1.807, 2.05) is 0 Å². The summed E-state index contributed by atoms with van der Waals surface area (Å²) in [4.78, 5) is 10.7. The summed E-state index contributed by atoms with van der Waals surface area (Å²) in [6.07, 6.45) is 0.0486. The Labute approximate surface area is 59.7 Å². The molecule has 0 aliphatic heterocycles. The number of hydrogen-bond donors (Lipinski definition) is 0. The van der Waals surface area contributed by atoms with Crippen molar-refractivity contribution in [2.45, 2.75) is 26.9 Å². The molecule has 0 aromatic heterocycles. The van der Waals surface area contributed by atoms with Crippen molar-refractivity contribution in [3.05, 3.63) is 11.9 Å². The topological polar surface area (TPSA) is 26.3 Å². The predicted molar refractivity (Wildman–Crippen MR) is 36.1 cm³/mol. The summed E-state index contributed by atoms with van der Waals surface area (Å²) >= 11 is 0. The molecule has 3 heteroatoms. The second-order valence-electron chi connectivity index (χ2n) is 2.25. The molecule has 0 bridgehead atoms. The van der Waals surface area contributed by atoms with Crippen molar-refractivity contribution in [1.82, 2.24) is 0 Å². The third-order valence-corrected chi connectivity index (χ3v) is 0.828. The minimum atomic E-state index is -0.600. The highest BCUT2D eigenvalue weighted by atomic mass is 19.1. The predicted octanol–water partition coefficient (Wildman–Crippen LogP) is 1.81. The molecule has 0 aliphatic rings. The molecule has 0 heterocycles. The third-order valence-electron chi connectivity index (χ3n) is 0.828. The molecule has 0 amide bonds. The van der Waals surface area contributed by atoms with E-state index >= 15 is 0 Å². The Morgan fingerprint density at radius 1 is 1.60 bits per heavy atom. The molecular formula is C7H11FO2. The molecule has 0 fully saturated rings. The van der Waals surface area contributed by atoms with Crippen LogP contribution in [0.1, 0.15) is 20.8 Å². The standard InChI is InChI=1S/C7H11FO2/c1-5(2)10-7(9)6(3)4-8/h4-5H,1-3H3. The highest BCUT2D eigenvalue weighted by molar-refractivity contribution is 5.87. The van der Waals surface area contributed by atoms with E-state index in [2.05, 4.69) is 4.74 Å². The molecule has 0 aromatic carbocycles. The first-order chi connectivity index (χ1) is 4.57. The van der Waals surface area contributed by atoms with Gasteiger partial charge in [-0.15, -0.1) is 0 Å². The fourth-order valence-electron chi connectivity index (χ4n) is 0.352. The Balaban J connectivity index is 3.86. The summed E-state index contributed by atoms with van der Waals surface area (Å²) in [7, 11) is 0. The summed E-state index contributed by atoms with van der Waals surface area (Å²) in [6, 6.07) is 0. The van der Waals surface area contributed by atoms with Crippen molar-refractivity contribution in [3.63, 3.8) is 0 Å². The molecule has 0 atom stereocenters. The number of hydrogen-bond acceptors (Lipinski definition) is 2. The summed E-state index contributed by atoms with van der Waals surface area (Å²) in [5.74, 6) is -0.600. The Morgan fingerprint density at radius 3 is 2.40 bits per heavy atom. The molecule has 0 radical (unpaired) electrons. The van der Waals surface area contributed by atoms with Crippen molar-refractivity contribution < 1.29 is 13.9 Å². The highest BCUT2D eigenvalue weighted by Crippen LogP contribution is 1.99. The van der Waals surface area contributed by atoms with E-state index in [1.54, 1.807) is 13.8 Å². The quantitative estimate of drug-likeness (QED) is 0.438. The van der Waals surface area contributed by atoms with Crippen molar-refractivity contribution in [2.24, 2.45) is 0 Å². The minimum absolute atomic E-state index is 0.00583. The molecule has 0 spiro atoms. The molecule has 10 heavy (non-hydrogen) atoms. The lowest BCUT2D eigenvalue weighted by Crippen LogP contribution is -2.11. The van der Waals surface area contributed by atoms with Gasteiger partial charge in [-0.2, -0.15) is 0 Å². The van der Waals surface area contributed by atoms with Crippen LogP contribution in [0.2, 0.25) is 0 Å². The van der Waals surface area contributed by atoms with Crippen LogP contribution >= 0.6 is 0 Å². The van der Waals surface area contributed by atoms with Crippen LogP contribution in [0.15, 0.2) is 11.9 Å². The van der Waals surface area contributed by atoms with Gasteiger partial charge in [-0.05, 0) is 20.8 Å². The second-order valence-corrected chi connectivity index (χ2v) is 2.25. The van der Waals surface area contributed by atoms with Crippen LogP contribution in [0.25, 0.3) is 0 Å². The number of esters is 1. The molecular weight excluding hydrogens is 135 g/mol. The van der Waals surface area contributed by atoms with Gasteiger partial charge >= 0.3 is 5.97 Å². The fourth-order valence-corrected chi connectivity index (χ4v) is 0.352. The zero-order chi connectivity index (χ0) is 8.15. The van der Waals surface area contributed by atoms with E-state index < -0.39 is 5.97 Å². The van der Waals surface area contributed by atoms with Gasteiger partial charge < -0.3 is 4.74 Å². The third kappa shape index (κ3) is 3.22. The Morgan fingerprint density at radius 2 is 2.10 bits per heavy atom. The molecule has 0 aromatic rings. The van der Waals surface area contributed by atoms with Crippen LogP contribution in [0, 0.1) is 0 Å². The van der Waals surface area contributed by atoms with Gasteiger partial charge in [-0.3, -0.25) is 0 Å². The van der Waals surface area contributed by atoms with Gasteiger partial charge in [0.1, 0.15) is 0 Å². The smallest absolute Gasteiger partial charge is 0.336 e. The van der Waals surface area contributed by atoms with Gasteiger partial charge in [0.05, 0.1) is 18.0 Å². The molecule has 0 N–H and O–H groups in total. The van der Waals surface area contributed by atoms with Gasteiger partial charge in [-0.25, -0.2) is 9.18 Å². The maximum Gasteiger partial charge on any atom is 0.336 e. The van der Waals surface area contributed by atoms with Crippen LogP contribution in [0.4, 0.5) is 4.39 Å². The van der Waals surface area contributed by atoms with E-state index in [0.717, 1.165) is 0 Å². The monoisotopic (exact) mass is 146 g/mol. The van der Waals surface area contributed by atoms with Gasteiger partial charge in [0.25, 0.3) is 0 Å². The van der Waals surface area contributed by atoms with E-state index in [-0.39, 0.29) is 18.0 Å². The summed E-state index contributed by atoms with van der Waals surface area (Å²) in [6.45, 7) is 4.79. The van der Waals surface area contributed by atoms with E-state index in [4.69, 9.17) is 0 Å². The van der Waals surface area contributed by atoms with E-state index in [0.29, 0.717) is 0 Å². The number of rotatable bonds is 2. The van der Waals surface area contributed by atoms with E-state index in [9.17, 15) is 9.18 Å². The van der Waals surface area contributed by atoms with Gasteiger partial charge in [-0.1, -0.05) is 0 Å². The molecule has 0 aliphatic carbocycles. The lowest BCUT2D eigenvalue weighted by molar-refractivity contribution is -0.142. The number of carbonyl (C=O) groups is 1. The van der Waals surface area contributed by atoms with Crippen molar-refractivity contribution in [1.29, 1.82) is 0 Å². The lowest BCUT2D eigenvalue weighted by atomic mass is 10.3. The molecule has 0 rings (SSSR count). The first kappa shape index (κ1) is 9.14. The summed E-state index contributed by atoms with van der Waals surface area (Å²) < 4.78 is 16.3. The van der Waals surface area contributed by atoms with Gasteiger partial charge in [0.15, 0.2) is 0 Å². The molecule has 0 unspecified atom stereocenters. The van der Waals surface area contributed by atoms with Crippen LogP contribution in [-0.4, -0.2) is 12.1 Å². The minimum Gasteiger partial charge on any atom is -0.460 e. The summed E-state index contributed by atoms with van der Waals surface area (Å²) in [5, 5.41) is 0. The van der Waals surface area contributed by atoms with Crippen molar-refractivity contribution in [3.8, 4) is 0 Å². The maximum absolute atomic E-state index is 11.6. The molecule has 58 valence electrons. The Hall–Kier alpha value is -0.860. The van der Waals surface area contributed by atoms with Crippen molar-refractivity contribution >= 4 is 5.97 Å². The zero-order valence-electron chi connectivity index (χ0n) is 6.35.